The van der Waals surface area contributed by atoms with E-state index in [-0.39, 0.29) is 36.7 Å². The van der Waals surface area contributed by atoms with Crippen molar-refractivity contribution in [1.29, 1.82) is 0 Å². The second-order valence-electron chi connectivity index (χ2n) is 9.44. The fourth-order valence-corrected chi connectivity index (χ4v) is 4.35. The molecular formula is C27H34N2O5. The van der Waals surface area contributed by atoms with Gasteiger partial charge in [-0.15, -0.1) is 0 Å². The van der Waals surface area contributed by atoms with Crippen molar-refractivity contribution in [2.45, 2.75) is 52.0 Å². The van der Waals surface area contributed by atoms with Crippen molar-refractivity contribution in [2.24, 2.45) is 11.8 Å². The molecule has 182 valence electrons. The molecule has 0 spiro atoms. The lowest BCUT2D eigenvalue weighted by Crippen LogP contribution is -2.41. The maximum absolute atomic E-state index is 12.3. The van der Waals surface area contributed by atoms with Gasteiger partial charge in [0.25, 0.3) is 0 Å². The molecule has 2 aromatic carbocycles. The van der Waals surface area contributed by atoms with Crippen LogP contribution in [0.5, 0.6) is 0 Å². The Morgan fingerprint density at radius 2 is 1.56 bits per heavy atom. The topological polar surface area (TPSA) is 105 Å². The summed E-state index contributed by atoms with van der Waals surface area (Å²) in [5.74, 6) is -1.10. The largest absolute Gasteiger partial charge is 0.480 e. The molecule has 7 heteroatoms. The van der Waals surface area contributed by atoms with Gasteiger partial charge < -0.3 is 20.5 Å². The first-order chi connectivity index (χ1) is 16.3. The zero-order valence-electron chi connectivity index (χ0n) is 20.0. The Bertz CT molecular complexity index is 974. The van der Waals surface area contributed by atoms with Gasteiger partial charge in [0.05, 0.1) is 0 Å². The predicted octanol–water partition coefficient (Wildman–Crippen LogP) is 4.56. The van der Waals surface area contributed by atoms with Gasteiger partial charge in [-0.2, -0.15) is 0 Å². The van der Waals surface area contributed by atoms with Crippen LogP contribution in [0, 0.1) is 11.8 Å². The van der Waals surface area contributed by atoms with Crippen molar-refractivity contribution in [3.05, 3.63) is 59.7 Å². The molecule has 3 N–H and O–H groups in total. The number of carboxylic acid groups (broad SMARTS) is 1. The van der Waals surface area contributed by atoms with E-state index >= 15 is 0 Å². The van der Waals surface area contributed by atoms with Crippen LogP contribution < -0.4 is 10.6 Å². The summed E-state index contributed by atoms with van der Waals surface area (Å²) in [7, 11) is 0. The molecule has 0 heterocycles. The molecule has 2 amide bonds. The van der Waals surface area contributed by atoms with Gasteiger partial charge in [0, 0.05) is 18.9 Å². The molecule has 7 nitrogen and oxygen atoms in total. The molecule has 1 aliphatic carbocycles. The van der Waals surface area contributed by atoms with Crippen LogP contribution >= 0.6 is 0 Å². The third-order valence-electron chi connectivity index (χ3n) is 6.14. The lowest BCUT2D eigenvalue weighted by molar-refractivity contribution is -0.142. The van der Waals surface area contributed by atoms with E-state index < -0.39 is 18.1 Å². The molecule has 0 aliphatic heterocycles. The van der Waals surface area contributed by atoms with E-state index in [9.17, 15) is 19.5 Å². The summed E-state index contributed by atoms with van der Waals surface area (Å²) < 4.78 is 5.54. The number of hydrogen-bond donors (Lipinski definition) is 3. The SMILES string of the molecule is CC(C)C[C@H](NC(=O)CCC(C)CNC(=O)OCC1c2ccccc2-c2ccccc21)C(=O)O. The normalized spacial score (nSPS) is 14.1. The molecule has 0 fully saturated rings. The summed E-state index contributed by atoms with van der Waals surface area (Å²) in [4.78, 5) is 35.8. The van der Waals surface area contributed by atoms with Gasteiger partial charge >= 0.3 is 12.1 Å². The maximum Gasteiger partial charge on any atom is 0.407 e. The van der Waals surface area contributed by atoms with Crippen molar-refractivity contribution < 1.29 is 24.2 Å². The number of benzene rings is 2. The van der Waals surface area contributed by atoms with Crippen molar-refractivity contribution in [3.63, 3.8) is 0 Å². The van der Waals surface area contributed by atoms with Gasteiger partial charge in [-0.25, -0.2) is 9.59 Å². The van der Waals surface area contributed by atoms with Gasteiger partial charge in [-0.05, 0) is 46.9 Å². The Kier molecular flexibility index (Phi) is 8.68. The van der Waals surface area contributed by atoms with Crippen LogP contribution in [0.15, 0.2) is 48.5 Å². The Morgan fingerprint density at radius 3 is 2.12 bits per heavy atom. The van der Waals surface area contributed by atoms with Crippen LogP contribution in [-0.2, 0) is 14.3 Å². The van der Waals surface area contributed by atoms with E-state index in [0.717, 1.165) is 11.1 Å². The van der Waals surface area contributed by atoms with Crippen LogP contribution in [0.3, 0.4) is 0 Å². The highest BCUT2D eigenvalue weighted by Crippen LogP contribution is 2.44. The summed E-state index contributed by atoms with van der Waals surface area (Å²) in [6, 6.07) is 15.5. The molecule has 3 rings (SSSR count). The summed E-state index contributed by atoms with van der Waals surface area (Å²) in [5, 5.41) is 14.6. The molecule has 0 saturated carbocycles. The first-order valence-electron chi connectivity index (χ1n) is 11.9. The van der Waals surface area contributed by atoms with E-state index in [4.69, 9.17) is 4.74 Å². The van der Waals surface area contributed by atoms with E-state index in [2.05, 4.69) is 34.9 Å². The number of fused-ring (bicyclic) bond motifs is 3. The minimum atomic E-state index is -1.02. The Labute approximate surface area is 200 Å². The highest BCUT2D eigenvalue weighted by molar-refractivity contribution is 5.83. The van der Waals surface area contributed by atoms with E-state index in [1.165, 1.54) is 11.1 Å². The van der Waals surface area contributed by atoms with Gasteiger partial charge in [0.2, 0.25) is 5.91 Å². The molecule has 0 radical (unpaired) electrons. The molecular weight excluding hydrogens is 432 g/mol. The number of carbonyl (C=O) groups excluding carboxylic acids is 2. The van der Waals surface area contributed by atoms with Gasteiger partial charge in [0.15, 0.2) is 0 Å². The van der Waals surface area contributed by atoms with Crippen molar-refractivity contribution >= 4 is 18.0 Å². The molecule has 2 atom stereocenters. The molecule has 34 heavy (non-hydrogen) atoms. The number of aliphatic carboxylic acids is 1. The highest BCUT2D eigenvalue weighted by atomic mass is 16.5. The average molecular weight is 467 g/mol. The van der Waals surface area contributed by atoms with Gasteiger partial charge in [0.1, 0.15) is 12.6 Å². The van der Waals surface area contributed by atoms with Crippen molar-refractivity contribution in [2.75, 3.05) is 13.2 Å². The fraction of sp³-hybridized carbons (Fsp3) is 0.444. The Hall–Kier alpha value is -3.35. The summed E-state index contributed by atoms with van der Waals surface area (Å²) in [5.41, 5.74) is 4.68. The average Bonchev–Trinajstić information content (AvgIpc) is 3.13. The standard InChI is InChI=1S/C27H34N2O5/c1-17(2)14-24(26(31)32)29-25(30)13-12-18(3)15-28-27(33)34-16-23-21-10-6-4-8-19(21)20-9-5-7-11-22(20)23/h4-11,17-18,23-24H,12-16H2,1-3H3,(H,28,33)(H,29,30)(H,31,32)/t18?,24-/m0/s1. The monoisotopic (exact) mass is 466 g/mol. The Balaban J connectivity index is 1.42. The minimum absolute atomic E-state index is 0.00675. The number of nitrogens with one attached hydrogen (secondary N) is 2. The Morgan fingerprint density at radius 1 is 0.971 bits per heavy atom. The molecule has 2 aromatic rings. The van der Waals surface area contributed by atoms with Crippen molar-refractivity contribution in [3.8, 4) is 11.1 Å². The maximum atomic E-state index is 12.3. The molecule has 1 aliphatic rings. The van der Waals surface area contributed by atoms with Crippen LogP contribution in [0.2, 0.25) is 0 Å². The molecule has 1 unspecified atom stereocenters. The molecule has 0 aromatic heterocycles. The second kappa shape index (κ2) is 11.7. The third kappa shape index (κ3) is 6.59. The van der Waals surface area contributed by atoms with Crippen LogP contribution in [0.4, 0.5) is 4.79 Å². The third-order valence-corrected chi connectivity index (χ3v) is 6.14. The zero-order valence-corrected chi connectivity index (χ0v) is 20.0. The van der Waals surface area contributed by atoms with Crippen LogP contribution in [0.1, 0.15) is 57.1 Å². The summed E-state index contributed by atoms with van der Waals surface area (Å²) in [6.45, 7) is 6.39. The summed E-state index contributed by atoms with van der Waals surface area (Å²) >= 11 is 0. The first-order valence-corrected chi connectivity index (χ1v) is 11.9. The molecule has 0 saturated heterocycles. The first kappa shape index (κ1) is 25.3. The van der Waals surface area contributed by atoms with E-state index in [1.54, 1.807) is 0 Å². The number of carbonyl (C=O) groups is 3. The van der Waals surface area contributed by atoms with Crippen LogP contribution in [-0.4, -0.2) is 42.3 Å². The van der Waals surface area contributed by atoms with Gasteiger partial charge in [-0.1, -0.05) is 69.3 Å². The summed E-state index contributed by atoms with van der Waals surface area (Å²) in [6.07, 6.45) is 0.639. The number of carboxylic acids is 1. The molecule has 0 bridgehead atoms. The number of amides is 2. The fourth-order valence-electron chi connectivity index (χ4n) is 4.35. The number of alkyl carbamates (subject to hydrolysis) is 1. The zero-order chi connectivity index (χ0) is 24.7. The predicted molar refractivity (Wildman–Crippen MR) is 130 cm³/mol. The van der Waals surface area contributed by atoms with Crippen LogP contribution in [0.25, 0.3) is 11.1 Å². The van der Waals surface area contributed by atoms with E-state index in [0.29, 0.717) is 19.4 Å². The van der Waals surface area contributed by atoms with E-state index in [1.807, 2.05) is 45.0 Å². The highest BCUT2D eigenvalue weighted by Gasteiger charge is 2.29. The number of rotatable bonds is 11. The van der Waals surface area contributed by atoms with Crippen molar-refractivity contribution in [1.82, 2.24) is 10.6 Å². The lowest BCUT2D eigenvalue weighted by Gasteiger charge is -2.18. The smallest absolute Gasteiger partial charge is 0.407 e. The number of hydrogen-bond acceptors (Lipinski definition) is 4. The quantitative estimate of drug-likeness (QED) is 0.450. The number of ether oxygens (including phenoxy) is 1. The second-order valence-corrected chi connectivity index (χ2v) is 9.44. The minimum Gasteiger partial charge on any atom is -0.480 e. The van der Waals surface area contributed by atoms with Gasteiger partial charge in [-0.3, -0.25) is 4.79 Å². The lowest BCUT2D eigenvalue weighted by atomic mass is 9.98.